The van der Waals surface area contributed by atoms with Gasteiger partial charge in [-0.2, -0.15) is 0 Å². The topological polar surface area (TPSA) is 78.4 Å². The highest BCUT2D eigenvalue weighted by Crippen LogP contribution is 2.15. The third-order valence-electron chi connectivity index (χ3n) is 3.66. The van der Waals surface area contributed by atoms with Crippen LogP contribution in [0.3, 0.4) is 0 Å². The second-order valence-corrected chi connectivity index (χ2v) is 5.35. The molecule has 5 nitrogen and oxygen atoms in total. The molecule has 0 aromatic rings. The van der Waals surface area contributed by atoms with Crippen molar-refractivity contribution in [2.45, 2.75) is 57.9 Å². The molecule has 1 heterocycles. The van der Waals surface area contributed by atoms with Gasteiger partial charge in [-0.1, -0.05) is 19.8 Å². The summed E-state index contributed by atoms with van der Waals surface area (Å²) in [6.07, 6.45) is 5.89. The van der Waals surface area contributed by atoms with Gasteiger partial charge in [0.05, 0.1) is 0 Å². The van der Waals surface area contributed by atoms with E-state index in [1.807, 2.05) is 6.92 Å². The number of rotatable bonds is 8. The van der Waals surface area contributed by atoms with Gasteiger partial charge in [0.25, 0.3) is 0 Å². The van der Waals surface area contributed by atoms with E-state index >= 15 is 0 Å². The summed E-state index contributed by atoms with van der Waals surface area (Å²) in [6.45, 7) is 4.06. The standard InChI is InChI=1S/C14H26N2O3/c1-2-3-6-12(14(18)19)16-13(17)8-7-11-5-4-9-15-10-11/h11-12,15H,2-10H2,1H3,(H,16,17)(H,18,19). The van der Waals surface area contributed by atoms with E-state index in [1.165, 1.54) is 12.8 Å². The first-order chi connectivity index (χ1) is 9.13. The van der Waals surface area contributed by atoms with E-state index in [0.717, 1.165) is 32.4 Å². The highest BCUT2D eigenvalue weighted by Gasteiger charge is 2.20. The van der Waals surface area contributed by atoms with Crippen molar-refractivity contribution in [1.29, 1.82) is 0 Å². The third kappa shape index (κ3) is 6.57. The van der Waals surface area contributed by atoms with E-state index in [2.05, 4.69) is 10.6 Å². The normalized spacial score (nSPS) is 20.8. The summed E-state index contributed by atoms with van der Waals surface area (Å²) in [4.78, 5) is 22.8. The van der Waals surface area contributed by atoms with Crippen LogP contribution in [0.5, 0.6) is 0 Å². The fraction of sp³-hybridized carbons (Fsp3) is 0.857. The van der Waals surface area contributed by atoms with Gasteiger partial charge in [0.15, 0.2) is 0 Å². The van der Waals surface area contributed by atoms with Gasteiger partial charge in [-0.05, 0) is 44.7 Å². The minimum atomic E-state index is -0.930. The molecule has 1 amide bonds. The number of aliphatic carboxylic acids is 1. The number of amides is 1. The molecule has 5 heteroatoms. The van der Waals surface area contributed by atoms with E-state index in [4.69, 9.17) is 5.11 Å². The molecule has 2 unspecified atom stereocenters. The monoisotopic (exact) mass is 270 g/mol. The van der Waals surface area contributed by atoms with Crippen LogP contribution < -0.4 is 10.6 Å². The van der Waals surface area contributed by atoms with Gasteiger partial charge in [-0.3, -0.25) is 4.79 Å². The Kier molecular flexibility index (Phi) is 7.48. The maximum atomic E-state index is 11.8. The molecule has 0 aromatic heterocycles. The van der Waals surface area contributed by atoms with Crippen LogP contribution in [0.2, 0.25) is 0 Å². The number of carboxylic acids is 1. The Bertz CT molecular complexity index is 288. The molecular weight excluding hydrogens is 244 g/mol. The second kappa shape index (κ2) is 8.91. The number of hydrogen-bond acceptors (Lipinski definition) is 3. The lowest BCUT2D eigenvalue weighted by Gasteiger charge is -2.22. The molecule has 0 saturated carbocycles. The molecule has 0 aromatic carbocycles. The molecule has 1 aliphatic rings. The van der Waals surface area contributed by atoms with Gasteiger partial charge in [0.2, 0.25) is 5.91 Å². The van der Waals surface area contributed by atoms with Crippen molar-refractivity contribution in [1.82, 2.24) is 10.6 Å². The van der Waals surface area contributed by atoms with Gasteiger partial charge < -0.3 is 15.7 Å². The Hall–Kier alpha value is -1.10. The van der Waals surface area contributed by atoms with Crippen LogP contribution in [0.25, 0.3) is 0 Å². The largest absolute Gasteiger partial charge is 0.480 e. The number of carboxylic acid groups (broad SMARTS) is 1. The summed E-state index contributed by atoms with van der Waals surface area (Å²) in [5.41, 5.74) is 0. The zero-order valence-electron chi connectivity index (χ0n) is 11.8. The molecule has 3 N–H and O–H groups in total. The zero-order valence-corrected chi connectivity index (χ0v) is 11.8. The number of carbonyl (C=O) groups is 2. The van der Waals surface area contributed by atoms with E-state index in [0.29, 0.717) is 18.8 Å². The lowest BCUT2D eigenvalue weighted by Crippen LogP contribution is -2.41. The number of nitrogens with one attached hydrogen (secondary N) is 2. The first kappa shape index (κ1) is 16.0. The molecular formula is C14H26N2O3. The van der Waals surface area contributed by atoms with Crippen molar-refractivity contribution in [3.05, 3.63) is 0 Å². The van der Waals surface area contributed by atoms with Gasteiger partial charge in [-0.15, -0.1) is 0 Å². The fourth-order valence-corrected chi connectivity index (χ4v) is 2.44. The van der Waals surface area contributed by atoms with Crippen molar-refractivity contribution in [3.63, 3.8) is 0 Å². The highest BCUT2D eigenvalue weighted by atomic mass is 16.4. The van der Waals surface area contributed by atoms with Gasteiger partial charge >= 0.3 is 5.97 Å². The summed E-state index contributed by atoms with van der Waals surface area (Å²) in [5, 5.41) is 15.0. The van der Waals surface area contributed by atoms with Gasteiger partial charge in [-0.25, -0.2) is 4.79 Å². The van der Waals surface area contributed by atoms with E-state index in [1.54, 1.807) is 0 Å². The lowest BCUT2D eigenvalue weighted by atomic mass is 9.94. The van der Waals surface area contributed by atoms with Crippen LogP contribution in [0.15, 0.2) is 0 Å². The minimum Gasteiger partial charge on any atom is -0.480 e. The molecule has 1 aliphatic heterocycles. The van der Waals surface area contributed by atoms with E-state index in [-0.39, 0.29) is 5.91 Å². The summed E-state index contributed by atoms with van der Waals surface area (Å²) < 4.78 is 0. The predicted octanol–water partition coefficient (Wildman–Crippen LogP) is 1.53. The number of carbonyl (C=O) groups excluding carboxylic acids is 1. The molecule has 110 valence electrons. The second-order valence-electron chi connectivity index (χ2n) is 5.35. The summed E-state index contributed by atoms with van der Waals surface area (Å²) in [5.74, 6) is -0.506. The van der Waals surface area contributed by atoms with Crippen LogP contribution in [-0.2, 0) is 9.59 Å². The molecule has 0 radical (unpaired) electrons. The Morgan fingerprint density at radius 1 is 1.47 bits per heavy atom. The van der Waals surface area contributed by atoms with Gasteiger partial charge in [0.1, 0.15) is 6.04 Å². The van der Waals surface area contributed by atoms with Crippen molar-refractivity contribution < 1.29 is 14.7 Å². The molecule has 19 heavy (non-hydrogen) atoms. The van der Waals surface area contributed by atoms with Crippen LogP contribution in [-0.4, -0.2) is 36.1 Å². The summed E-state index contributed by atoms with van der Waals surface area (Å²) in [6, 6.07) is -0.725. The average molecular weight is 270 g/mol. The maximum absolute atomic E-state index is 11.8. The van der Waals surface area contributed by atoms with E-state index in [9.17, 15) is 9.59 Å². The highest BCUT2D eigenvalue weighted by molar-refractivity contribution is 5.83. The van der Waals surface area contributed by atoms with Crippen molar-refractivity contribution >= 4 is 11.9 Å². The Morgan fingerprint density at radius 2 is 2.26 bits per heavy atom. The van der Waals surface area contributed by atoms with Gasteiger partial charge in [0, 0.05) is 6.42 Å². The van der Waals surface area contributed by atoms with Crippen molar-refractivity contribution in [2.75, 3.05) is 13.1 Å². The SMILES string of the molecule is CCCCC(NC(=O)CCC1CCCNC1)C(=O)O. The Balaban J connectivity index is 2.25. The van der Waals surface area contributed by atoms with Crippen LogP contribution >= 0.6 is 0 Å². The smallest absolute Gasteiger partial charge is 0.326 e. The first-order valence-electron chi connectivity index (χ1n) is 7.36. The number of unbranched alkanes of at least 4 members (excludes halogenated alkanes) is 1. The van der Waals surface area contributed by atoms with Crippen LogP contribution in [0.1, 0.15) is 51.9 Å². The molecule has 1 saturated heterocycles. The number of piperidine rings is 1. The molecule has 0 bridgehead atoms. The average Bonchev–Trinajstić information content (AvgIpc) is 2.42. The minimum absolute atomic E-state index is 0.130. The zero-order chi connectivity index (χ0) is 14.1. The lowest BCUT2D eigenvalue weighted by molar-refractivity contribution is -0.142. The fourth-order valence-electron chi connectivity index (χ4n) is 2.44. The molecule has 2 atom stereocenters. The Labute approximate surface area is 115 Å². The maximum Gasteiger partial charge on any atom is 0.326 e. The molecule has 1 fully saturated rings. The summed E-state index contributed by atoms with van der Waals surface area (Å²) in [7, 11) is 0. The van der Waals surface area contributed by atoms with Crippen molar-refractivity contribution in [2.24, 2.45) is 5.92 Å². The first-order valence-corrected chi connectivity index (χ1v) is 7.36. The molecule has 0 spiro atoms. The summed E-state index contributed by atoms with van der Waals surface area (Å²) >= 11 is 0. The Morgan fingerprint density at radius 3 is 2.84 bits per heavy atom. The molecule has 1 rings (SSSR count). The predicted molar refractivity (Wildman–Crippen MR) is 73.9 cm³/mol. The van der Waals surface area contributed by atoms with E-state index < -0.39 is 12.0 Å². The van der Waals surface area contributed by atoms with Crippen LogP contribution in [0, 0.1) is 5.92 Å². The number of hydrogen-bond donors (Lipinski definition) is 3. The quantitative estimate of drug-likeness (QED) is 0.625. The third-order valence-corrected chi connectivity index (χ3v) is 3.66. The molecule has 0 aliphatic carbocycles. The van der Waals surface area contributed by atoms with Crippen LogP contribution in [0.4, 0.5) is 0 Å². The van der Waals surface area contributed by atoms with Crippen molar-refractivity contribution in [3.8, 4) is 0 Å².